The second-order valence-electron chi connectivity index (χ2n) is 6.12. The molecule has 0 bridgehead atoms. The normalized spacial score (nSPS) is 23.6. The number of aliphatic hydroxyl groups excluding tert-OH is 1. The van der Waals surface area contributed by atoms with Crippen molar-refractivity contribution in [3.63, 3.8) is 0 Å². The van der Waals surface area contributed by atoms with Crippen molar-refractivity contribution < 1.29 is 9.84 Å². The fourth-order valence-corrected chi connectivity index (χ4v) is 2.28. The summed E-state index contributed by atoms with van der Waals surface area (Å²) in [7, 11) is 2.06. The van der Waals surface area contributed by atoms with E-state index < -0.39 is 0 Å². The molecule has 0 aliphatic carbocycles. The smallest absolute Gasteiger partial charge is 0.143 e. The van der Waals surface area contributed by atoms with Gasteiger partial charge in [-0.3, -0.25) is 0 Å². The van der Waals surface area contributed by atoms with E-state index in [-0.39, 0.29) is 24.2 Å². The van der Waals surface area contributed by atoms with Gasteiger partial charge >= 0.3 is 0 Å². The number of aliphatic hydroxyl groups is 1. The molecule has 1 aliphatic rings. The minimum Gasteiger partial charge on any atom is -0.484 e. The number of ether oxygens (including phenoxy) is 1. The van der Waals surface area contributed by atoms with Crippen molar-refractivity contribution in [1.29, 1.82) is 0 Å². The van der Waals surface area contributed by atoms with E-state index >= 15 is 0 Å². The van der Waals surface area contributed by atoms with E-state index in [0.717, 1.165) is 11.4 Å². The number of nitrogens with zero attached hydrogens (tertiary/aromatic N) is 1. The van der Waals surface area contributed by atoms with Crippen molar-refractivity contribution in [2.24, 2.45) is 0 Å². The predicted molar refractivity (Wildman–Crippen MR) is 74.5 cm³/mol. The maximum Gasteiger partial charge on any atom is 0.143 e. The van der Waals surface area contributed by atoms with E-state index in [2.05, 4.69) is 51.8 Å². The van der Waals surface area contributed by atoms with Crippen molar-refractivity contribution in [3.05, 3.63) is 23.8 Å². The summed E-state index contributed by atoms with van der Waals surface area (Å²) >= 11 is 0. The van der Waals surface area contributed by atoms with Gasteiger partial charge in [-0.1, -0.05) is 26.8 Å². The lowest BCUT2D eigenvalue weighted by atomic mass is 9.86. The van der Waals surface area contributed by atoms with Gasteiger partial charge in [0.1, 0.15) is 11.9 Å². The Labute approximate surface area is 109 Å². The van der Waals surface area contributed by atoms with Crippen LogP contribution in [0.4, 0.5) is 5.69 Å². The number of rotatable bonds is 1. The lowest BCUT2D eigenvalue weighted by molar-refractivity contribution is 0.0889. The average molecular weight is 249 g/mol. The van der Waals surface area contributed by atoms with Gasteiger partial charge in [0, 0.05) is 7.05 Å². The van der Waals surface area contributed by atoms with Gasteiger partial charge in [-0.15, -0.1) is 0 Å². The Bertz CT molecular complexity index is 437. The van der Waals surface area contributed by atoms with Gasteiger partial charge in [-0.25, -0.2) is 0 Å². The largest absolute Gasteiger partial charge is 0.484 e. The lowest BCUT2D eigenvalue weighted by Gasteiger charge is -2.39. The highest BCUT2D eigenvalue weighted by Gasteiger charge is 2.31. The summed E-state index contributed by atoms with van der Waals surface area (Å²) in [5, 5.41) is 9.34. The third-order valence-electron chi connectivity index (χ3n) is 3.81. The van der Waals surface area contributed by atoms with E-state index in [9.17, 15) is 5.11 Å². The number of benzene rings is 1. The number of fused-ring (bicyclic) bond motifs is 1. The number of hydrogen-bond acceptors (Lipinski definition) is 3. The SMILES string of the molecule is CC1C(CO)Oc2ccc(C(C)(C)C)cc2N1C. The van der Waals surface area contributed by atoms with Gasteiger partial charge in [-0.05, 0) is 30.0 Å². The van der Waals surface area contributed by atoms with Crippen molar-refractivity contribution >= 4 is 5.69 Å². The van der Waals surface area contributed by atoms with Crippen LogP contribution in [0.25, 0.3) is 0 Å². The van der Waals surface area contributed by atoms with Crippen LogP contribution >= 0.6 is 0 Å². The molecule has 1 aromatic rings. The highest BCUT2D eigenvalue weighted by Crippen LogP contribution is 2.38. The summed E-state index contributed by atoms with van der Waals surface area (Å²) in [6, 6.07) is 6.50. The van der Waals surface area contributed by atoms with E-state index in [4.69, 9.17) is 4.74 Å². The molecule has 2 atom stereocenters. The predicted octanol–water partition coefficient (Wildman–Crippen LogP) is 2.56. The van der Waals surface area contributed by atoms with Gasteiger partial charge < -0.3 is 14.7 Å². The van der Waals surface area contributed by atoms with Crippen molar-refractivity contribution in [2.45, 2.75) is 45.3 Å². The molecule has 100 valence electrons. The maximum atomic E-state index is 9.34. The summed E-state index contributed by atoms with van der Waals surface area (Å²) < 4.78 is 5.84. The molecular formula is C15H23NO2. The molecule has 18 heavy (non-hydrogen) atoms. The molecule has 2 rings (SSSR count). The van der Waals surface area contributed by atoms with E-state index in [1.807, 2.05) is 6.07 Å². The molecule has 0 saturated heterocycles. The Kier molecular flexibility index (Phi) is 3.28. The molecule has 0 radical (unpaired) electrons. The molecule has 0 aromatic heterocycles. The first-order valence-corrected chi connectivity index (χ1v) is 6.49. The minimum absolute atomic E-state index is 0.0476. The Balaban J connectivity index is 2.42. The zero-order valence-electron chi connectivity index (χ0n) is 11.9. The Morgan fingerprint density at radius 1 is 1.33 bits per heavy atom. The summed E-state index contributed by atoms with van der Waals surface area (Å²) in [6.45, 7) is 8.74. The zero-order valence-corrected chi connectivity index (χ0v) is 11.9. The van der Waals surface area contributed by atoms with Gasteiger partial charge in [0.25, 0.3) is 0 Å². The van der Waals surface area contributed by atoms with Crippen LogP contribution in [-0.4, -0.2) is 30.9 Å². The van der Waals surface area contributed by atoms with Crippen molar-refractivity contribution in [1.82, 2.24) is 0 Å². The highest BCUT2D eigenvalue weighted by molar-refractivity contribution is 5.62. The number of hydrogen-bond donors (Lipinski definition) is 1. The third kappa shape index (κ3) is 2.19. The second-order valence-corrected chi connectivity index (χ2v) is 6.12. The fraction of sp³-hybridized carbons (Fsp3) is 0.600. The van der Waals surface area contributed by atoms with Crippen LogP contribution in [0.5, 0.6) is 5.75 Å². The molecule has 1 N–H and O–H groups in total. The topological polar surface area (TPSA) is 32.7 Å². The Morgan fingerprint density at radius 3 is 2.56 bits per heavy atom. The van der Waals surface area contributed by atoms with Crippen molar-refractivity contribution in [3.8, 4) is 5.75 Å². The zero-order chi connectivity index (χ0) is 13.5. The maximum absolute atomic E-state index is 9.34. The van der Waals surface area contributed by atoms with Crippen LogP contribution in [0.3, 0.4) is 0 Å². The first kappa shape index (κ1) is 13.2. The first-order chi connectivity index (χ1) is 8.34. The number of likely N-dealkylation sites (N-methyl/N-ethyl adjacent to an activating group) is 1. The average Bonchev–Trinajstić information content (AvgIpc) is 2.32. The molecule has 0 amide bonds. The van der Waals surface area contributed by atoms with Crippen LogP contribution in [0, 0.1) is 0 Å². The van der Waals surface area contributed by atoms with Gasteiger partial charge in [0.15, 0.2) is 0 Å². The molecule has 3 heteroatoms. The van der Waals surface area contributed by atoms with Crippen LogP contribution < -0.4 is 9.64 Å². The molecule has 1 aromatic carbocycles. The van der Waals surface area contributed by atoms with Crippen LogP contribution in [0.2, 0.25) is 0 Å². The molecular weight excluding hydrogens is 226 g/mol. The standard InChI is InChI=1S/C15H23NO2/c1-10-14(9-17)18-13-7-6-11(15(2,3)4)8-12(13)16(10)5/h6-8,10,14,17H,9H2,1-5H3. The molecule has 0 saturated carbocycles. The van der Waals surface area contributed by atoms with Crippen molar-refractivity contribution in [2.75, 3.05) is 18.6 Å². The quantitative estimate of drug-likeness (QED) is 0.830. The molecule has 3 nitrogen and oxygen atoms in total. The van der Waals surface area contributed by atoms with Gasteiger partial charge in [0.05, 0.1) is 18.3 Å². The summed E-state index contributed by atoms with van der Waals surface area (Å²) in [5.41, 5.74) is 2.54. The van der Waals surface area contributed by atoms with Crippen LogP contribution in [-0.2, 0) is 5.41 Å². The lowest BCUT2D eigenvalue weighted by Crippen LogP contribution is -2.47. The van der Waals surface area contributed by atoms with Crippen LogP contribution in [0.1, 0.15) is 33.3 Å². The monoisotopic (exact) mass is 249 g/mol. The van der Waals surface area contributed by atoms with E-state index in [1.54, 1.807) is 0 Å². The van der Waals surface area contributed by atoms with E-state index in [0.29, 0.717) is 0 Å². The fourth-order valence-electron chi connectivity index (χ4n) is 2.28. The molecule has 0 fully saturated rings. The first-order valence-electron chi connectivity index (χ1n) is 6.49. The van der Waals surface area contributed by atoms with Crippen LogP contribution in [0.15, 0.2) is 18.2 Å². The molecule has 1 aliphatic heterocycles. The molecule has 1 heterocycles. The van der Waals surface area contributed by atoms with E-state index in [1.165, 1.54) is 5.56 Å². The molecule has 0 spiro atoms. The number of anilines is 1. The summed E-state index contributed by atoms with van der Waals surface area (Å²) in [5.74, 6) is 0.864. The Hall–Kier alpha value is -1.22. The summed E-state index contributed by atoms with van der Waals surface area (Å²) in [4.78, 5) is 2.19. The Morgan fingerprint density at radius 2 is 2.00 bits per heavy atom. The second kappa shape index (κ2) is 4.47. The van der Waals surface area contributed by atoms with Gasteiger partial charge in [0.2, 0.25) is 0 Å². The summed E-state index contributed by atoms with van der Waals surface area (Å²) in [6.07, 6.45) is -0.150. The minimum atomic E-state index is -0.150. The third-order valence-corrected chi connectivity index (χ3v) is 3.81. The molecule has 2 unspecified atom stereocenters. The highest BCUT2D eigenvalue weighted by atomic mass is 16.5. The van der Waals surface area contributed by atoms with Gasteiger partial charge in [-0.2, -0.15) is 0 Å².